The number of nitrogens with one attached hydrogen (secondary N) is 1. The lowest BCUT2D eigenvalue weighted by atomic mass is 9.76. The average molecular weight is 311 g/mol. The van der Waals surface area contributed by atoms with Crippen LogP contribution < -0.4 is 5.32 Å². The first-order valence-corrected chi connectivity index (χ1v) is 7.04. The molecule has 0 aliphatic heterocycles. The highest BCUT2D eigenvalue weighted by atomic mass is 79.9. The molecule has 1 N–H and O–H groups in total. The zero-order valence-corrected chi connectivity index (χ0v) is 12.4. The van der Waals surface area contributed by atoms with Gasteiger partial charge in [0.1, 0.15) is 0 Å². The summed E-state index contributed by atoms with van der Waals surface area (Å²) >= 11 is 3.45. The number of amides is 1. The van der Waals surface area contributed by atoms with Gasteiger partial charge in [-0.05, 0) is 36.5 Å². The molecule has 4 heteroatoms. The van der Waals surface area contributed by atoms with Crippen LogP contribution >= 0.6 is 15.9 Å². The van der Waals surface area contributed by atoms with E-state index in [1.54, 1.807) is 19.0 Å². The number of rotatable bonds is 4. The maximum atomic E-state index is 11.4. The van der Waals surface area contributed by atoms with Crippen molar-refractivity contribution in [1.29, 1.82) is 0 Å². The van der Waals surface area contributed by atoms with E-state index in [1.165, 1.54) is 5.56 Å². The number of nitrogens with zero attached hydrogens (tertiary/aromatic N) is 1. The zero-order valence-electron chi connectivity index (χ0n) is 10.8. The van der Waals surface area contributed by atoms with Crippen LogP contribution in [0.25, 0.3) is 0 Å². The number of carbonyl (C=O) groups is 1. The molecule has 0 aromatic heterocycles. The van der Waals surface area contributed by atoms with Crippen molar-refractivity contribution >= 4 is 21.8 Å². The highest BCUT2D eigenvalue weighted by molar-refractivity contribution is 9.10. The van der Waals surface area contributed by atoms with Crippen LogP contribution in [-0.2, 0) is 4.79 Å². The van der Waals surface area contributed by atoms with Crippen molar-refractivity contribution in [3.05, 3.63) is 34.3 Å². The van der Waals surface area contributed by atoms with Crippen molar-refractivity contribution in [2.45, 2.75) is 24.8 Å². The third-order valence-corrected chi connectivity index (χ3v) is 4.05. The van der Waals surface area contributed by atoms with E-state index in [1.807, 2.05) is 0 Å². The fraction of sp³-hybridized carbons (Fsp3) is 0.500. The first kappa shape index (κ1) is 13.6. The number of halogens is 1. The van der Waals surface area contributed by atoms with Crippen LogP contribution in [0.2, 0.25) is 0 Å². The SMILES string of the molecule is CN(C)C(=O)CNC1CC(c2ccc(Br)cc2)C1. The van der Waals surface area contributed by atoms with Crippen molar-refractivity contribution in [1.82, 2.24) is 10.2 Å². The standard InChI is InChI=1S/C14H19BrN2O/c1-17(2)14(18)9-16-13-7-11(8-13)10-3-5-12(15)6-4-10/h3-6,11,13,16H,7-9H2,1-2H3. The Balaban J connectivity index is 1.74. The molecule has 1 saturated carbocycles. The van der Waals surface area contributed by atoms with Gasteiger partial charge in [0.15, 0.2) is 0 Å². The van der Waals surface area contributed by atoms with Gasteiger partial charge in [-0.2, -0.15) is 0 Å². The lowest BCUT2D eigenvalue weighted by Gasteiger charge is -2.36. The van der Waals surface area contributed by atoms with Gasteiger partial charge in [-0.15, -0.1) is 0 Å². The number of hydrogen-bond acceptors (Lipinski definition) is 2. The molecule has 0 bridgehead atoms. The Morgan fingerprint density at radius 2 is 1.94 bits per heavy atom. The fourth-order valence-electron chi connectivity index (χ4n) is 2.18. The predicted molar refractivity (Wildman–Crippen MR) is 76.6 cm³/mol. The summed E-state index contributed by atoms with van der Waals surface area (Å²) in [6, 6.07) is 9.02. The molecule has 0 spiro atoms. The average Bonchev–Trinajstić information content (AvgIpc) is 2.28. The Bertz CT molecular complexity index is 410. The zero-order chi connectivity index (χ0) is 13.1. The maximum Gasteiger partial charge on any atom is 0.236 e. The number of benzene rings is 1. The van der Waals surface area contributed by atoms with Gasteiger partial charge in [0.05, 0.1) is 6.54 Å². The molecule has 0 heterocycles. The van der Waals surface area contributed by atoms with E-state index in [2.05, 4.69) is 45.5 Å². The van der Waals surface area contributed by atoms with E-state index in [4.69, 9.17) is 0 Å². The quantitative estimate of drug-likeness (QED) is 0.926. The highest BCUT2D eigenvalue weighted by Gasteiger charge is 2.30. The van der Waals surface area contributed by atoms with Crippen LogP contribution in [-0.4, -0.2) is 37.5 Å². The van der Waals surface area contributed by atoms with Gasteiger partial charge < -0.3 is 10.2 Å². The van der Waals surface area contributed by atoms with Gasteiger partial charge in [0.2, 0.25) is 5.91 Å². The van der Waals surface area contributed by atoms with E-state index >= 15 is 0 Å². The minimum Gasteiger partial charge on any atom is -0.348 e. The van der Waals surface area contributed by atoms with E-state index in [0.717, 1.165) is 17.3 Å². The minimum absolute atomic E-state index is 0.141. The van der Waals surface area contributed by atoms with Crippen LogP contribution in [0.3, 0.4) is 0 Å². The number of carbonyl (C=O) groups excluding carboxylic acids is 1. The van der Waals surface area contributed by atoms with E-state index < -0.39 is 0 Å². The summed E-state index contributed by atoms with van der Waals surface area (Å²) in [5.74, 6) is 0.784. The summed E-state index contributed by atoms with van der Waals surface area (Å²) in [5.41, 5.74) is 1.40. The Kier molecular flexibility index (Phi) is 4.40. The largest absolute Gasteiger partial charge is 0.348 e. The van der Waals surface area contributed by atoms with Crippen LogP contribution in [0.4, 0.5) is 0 Å². The Hall–Kier alpha value is -0.870. The van der Waals surface area contributed by atoms with Gasteiger partial charge in [-0.3, -0.25) is 4.79 Å². The first-order chi connectivity index (χ1) is 8.56. The molecule has 0 unspecified atom stereocenters. The monoisotopic (exact) mass is 310 g/mol. The Labute approximate surface area is 117 Å². The molecule has 18 heavy (non-hydrogen) atoms. The molecule has 1 amide bonds. The van der Waals surface area contributed by atoms with Crippen molar-refractivity contribution < 1.29 is 4.79 Å². The molecule has 1 aromatic rings. The normalized spacial score (nSPS) is 22.4. The fourth-order valence-corrected chi connectivity index (χ4v) is 2.45. The summed E-state index contributed by atoms with van der Waals surface area (Å²) in [7, 11) is 3.57. The lowest BCUT2D eigenvalue weighted by molar-refractivity contribution is -0.128. The maximum absolute atomic E-state index is 11.4. The van der Waals surface area contributed by atoms with E-state index in [9.17, 15) is 4.79 Å². The molecule has 2 rings (SSSR count). The molecule has 0 saturated heterocycles. The van der Waals surface area contributed by atoms with Crippen LogP contribution in [0.15, 0.2) is 28.7 Å². The molecule has 0 radical (unpaired) electrons. The smallest absolute Gasteiger partial charge is 0.236 e. The van der Waals surface area contributed by atoms with Gasteiger partial charge >= 0.3 is 0 Å². The molecular formula is C14H19BrN2O. The molecule has 1 aliphatic rings. The Morgan fingerprint density at radius 3 is 2.50 bits per heavy atom. The molecule has 98 valence electrons. The molecular weight excluding hydrogens is 292 g/mol. The first-order valence-electron chi connectivity index (χ1n) is 6.25. The molecule has 1 aromatic carbocycles. The van der Waals surface area contributed by atoms with Crippen molar-refractivity contribution in [3.63, 3.8) is 0 Å². The van der Waals surface area contributed by atoms with Gasteiger partial charge in [0, 0.05) is 24.6 Å². The number of likely N-dealkylation sites (N-methyl/N-ethyl adjacent to an activating group) is 1. The van der Waals surface area contributed by atoms with Crippen LogP contribution in [0, 0.1) is 0 Å². The van der Waals surface area contributed by atoms with Gasteiger partial charge in [0.25, 0.3) is 0 Å². The van der Waals surface area contributed by atoms with Crippen molar-refractivity contribution in [2.75, 3.05) is 20.6 Å². The summed E-state index contributed by atoms with van der Waals surface area (Å²) in [6.45, 7) is 0.449. The molecule has 1 aliphatic carbocycles. The summed E-state index contributed by atoms with van der Waals surface area (Å²) < 4.78 is 1.12. The van der Waals surface area contributed by atoms with Crippen LogP contribution in [0.5, 0.6) is 0 Å². The molecule has 3 nitrogen and oxygen atoms in total. The predicted octanol–water partition coefficient (Wildman–Crippen LogP) is 2.37. The Morgan fingerprint density at radius 1 is 1.33 bits per heavy atom. The second-order valence-electron chi connectivity index (χ2n) is 5.09. The highest BCUT2D eigenvalue weighted by Crippen LogP contribution is 2.37. The molecule has 0 atom stereocenters. The molecule has 1 fully saturated rings. The topological polar surface area (TPSA) is 32.3 Å². The third kappa shape index (κ3) is 3.33. The van der Waals surface area contributed by atoms with Crippen molar-refractivity contribution in [2.24, 2.45) is 0 Å². The van der Waals surface area contributed by atoms with Gasteiger partial charge in [-0.25, -0.2) is 0 Å². The van der Waals surface area contributed by atoms with Crippen molar-refractivity contribution in [3.8, 4) is 0 Å². The van der Waals surface area contributed by atoms with Gasteiger partial charge in [-0.1, -0.05) is 28.1 Å². The summed E-state index contributed by atoms with van der Waals surface area (Å²) in [5, 5.41) is 3.31. The second-order valence-corrected chi connectivity index (χ2v) is 6.00. The summed E-state index contributed by atoms with van der Waals surface area (Å²) in [4.78, 5) is 13.1. The third-order valence-electron chi connectivity index (χ3n) is 3.52. The minimum atomic E-state index is 0.141. The van der Waals surface area contributed by atoms with E-state index in [-0.39, 0.29) is 5.91 Å². The lowest BCUT2D eigenvalue weighted by Crippen LogP contribution is -2.44. The van der Waals surface area contributed by atoms with E-state index in [0.29, 0.717) is 18.5 Å². The second kappa shape index (κ2) is 5.85. The number of hydrogen-bond donors (Lipinski definition) is 1. The van der Waals surface area contributed by atoms with Crippen LogP contribution in [0.1, 0.15) is 24.3 Å². The summed E-state index contributed by atoms with van der Waals surface area (Å²) in [6.07, 6.45) is 2.25.